The van der Waals surface area contributed by atoms with Gasteiger partial charge < -0.3 is 26.1 Å². The quantitative estimate of drug-likeness (QED) is 0.105. The Morgan fingerprint density at radius 3 is 2.70 bits per heavy atom. The number of rotatable bonds is 13. The number of methoxy groups -OCH3 is 1. The second-order valence-corrected chi connectivity index (χ2v) is 8.65. The lowest BCUT2D eigenvalue weighted by Crippen LogP contribution is -2.33. The summed E-state index contributed by atoms with van der Waals surface area (Å²) in [7, 11) is 1.57. The number of amides is 2. The van der Waals surface area contributed by atoms with Gasteiger partial charge in [-0.2, -0.15) is 13.2 Å². The zero-order chi connectivity index (χ0) is 29.1. The first-order chi connectivity index (χ1) is 19.0. The van der Waals surface area contributed by atoms with E-state index in [2.05, 4.69) is 25.9 Å². The molecule has 0 spiro atoms. The van der Waals surface area contributed by atoms with Crippen molar-refractivity contribution >= 4 is 11.8 Å². The molecule has 6 N–H and O–H groups in total. The molecular weight excluding hydrogens is 531 g/mol. The fraction of sp³-hybridized carbons (Fsp3) is 0.320. The number of aromatic nitrogens is 4. The van der Waals surface area contributed by atoms with Crippen LogP contribution in [0.3, 0.4) is 0 Å². The highest BCUT2D eigenvalue weighted by Crippen LogP contribution is 2.28. The molecule has 1 aromatic carbocycles. The summed E-state index contributed by atoms with van der Waals surface area (Å²) in [6, 6.07) is 9.03. The second-order valence-electron chi connectivity index (χ2n) is 8.65. The predicted octanol–water partition coefficient (Wildman–Crippen LogP) is 1.70. The Kier molecular flexibility index (Phi) is 10.4. The van der Waals surface area contributed by atoms with Crippen molar-refractivity contribution in [2.45, 2.75) is 38.7 Å². The predicted molar refractivity (Wildman–Crippen MR) is 138 cm³/mol. The van der Waals surface area contributed by atoms with Gasteiger partial charge in [0, 0.05) is 32.0 Å². The van der Waals surface area contributed by atoms with Crippen LogP contribution in [0.2, 0.25) is 0 Å². The van der Waals surface area contributed by atoms with Crippen LogP contribution in [0.15, 0.2) is 60.7 Å². The molecule has 3 aromatic rings. The number of nitrogens with one attached hydrogen (secondary N) is 2. The number of unbranched alkanes of at least 4 members (excludes halogenated alkanes) is 1. The number of benzene rings is 1. The summed E-state index contributed by atoms with van der Waals surface area (Å²) in [5, 5.41) is 14.3. The first-order valence-electron chi connectivity index (χ1n) is 12.2. The van der Waals surface area contributed by atoms with E-state index >= 15 is 0 Å². The molecule has 15 heteroatoms. The fourth-order valence-corrected chi connectivity index (χ4v) is 3.46. The van der Waals surface area contributed by atoms with Crippen LogP contribution >= 0.6 is 0 Å². The van der Waals surface area contributed by atoms with Gasteiger partial charge in [-0.05, 0) is 42.7 Å². The van der Waals surface area contributed by atoms with E-state index in [1.165, 1.54) is 11.2 Å². The van der Waals surface area contributed by atoms with Crippen LogP contribution in [0, 0.1) is 0 Å². The molecule has 0 saturated heterocycles. The van der Waals surface area contributed by atoms with Gasteiger partial charge >= 0.3 is 6.18 Å². The summed E-state index contributed by atoms with van der Waals surface area (Å²) in [6.45, 7) is 0.909. The van der Waals surface area contributed by atoms with Crippen molar-refractivity contribution < 1.29 is 27.5 Å². The number of hydrogen-bond donors (Lipinski definition) is 4. The number of alkyl halides is 3. The highest BCUT2D eigenvalue weighted by atomic mass is 19.4. The lowest BCUT2D eigenvalue weighted by Gasteiger charge is -2.15. The molecular formula is C25H30F3N9O3. The summed E-state index contributed by atoms with van der Waals surface area (Å²) in [5.41, 5.74) is 5.77. The molecule has 0 aliphatic rings. The smallest absolute Gasteiger partial charge is 0.416 e. The van der Waals surface area contributed by atoms with E-state index in [-0.39, 0.29) is 29.5 Å². The van der Waals surface area contributed by atoms with Crippen LogP contribution in [0.5, 0.6) is 5.75 Å². The number of aryl methyl sites for hydroxylation is 1. The topological polar surface area (TPSA) is 166 Å². The standard InChI is InChI=1S/C25H30F3N9O3/c1-40-20-6-4-5-17(11-20)13-32-24(39)22-16-37(35-34-22)10-3-2-9-36(30)15-21(29)23(38)33-14-19-12-18(7-8-31-19)25(26,27)28/h4-8,11-12,15-16H,2-3,9-10,13-14,29-30H2,1H3,(H,32,39)(H,33,38)/b21-15-. The minimum Gasteiger partial charge on any atom is -0.497 e. The number of carbonyl (C=O) groups is 2. The monoisotopic (exact) mass is 561 g/mol. The van der Waals surface area contributed by atoms with Crippen LogP contribution < -0.4 is 26.9 Å². The molecule has 0 saturated carbocycles. The number of halogens is 3. The summed E-state index contributed by atoms with van der Waals surface area (Å²) in [5.74, 6) is 5.51. The number of pyridine rings is 1. The average molecular weight is 562 g/mol. The maximum atomic E-state index is 12.8. The summed E-state index contributed by atoms with van der Waals surface area (Å²) >= 11 is 0. The minimum atomic E-state index is -4.51. The molecule has 0 aliphatic carbocycles. The maximum absolute atomic E-state index is 12.8. The SMILES string of the molecule is COc1cccc(CNC(=O)c2cn(CCCCN(N)/C=C(\N)C(=O)NCc3cc(C(F)(F)F)ccn3)nn2)c1. The number of nitrogens with two attached hydrogens (primary N) is 2. The second kappa shape index (κ2) is 13.9. The largest absolute Gasteiger partial charge is 0.497 e. The van der Waals surface area contributed by atoms with Crippen molar-refractivity contribution in [3.8, 4) is 5.75 Å². The van der Waals surface area contributed by atoms with Crippen molar-refractivity contribution in [3.05, 3.63) is 83.2 Å². The number of hydrazine groups is 1. The van der Waals surface area contributed by atoms with E-state index in [0.717, 1.165) is 23.9 Å². The number of ether oxygens (including phenoxy) is 1. The highest BCUT2D eigenvalue weighted by molar-refractivity contribution is 5.92. The number of hydrogen-bond acceptors (Lipinski definition) is 9. The van der Waals surface area contributed by atoms with E-state index in [1.807, 2.05) is 24.3 Å². The third-order valence-electron chi connectivity index (χ3n) is 5.55. The zero-order valence-corrected chi connectivity index (χ0v) is 21.7. The molecule has 12 nitrogen and oxygen atoms in total. The van der Waals surface area contributed by atoms with Gasteiger partial charge in [0.15, 0.2) is 5.69 Å². The normalized spacial score (nSPS) is 11.7. The maximum Gasteiger partial charge on any atom is 0.416 e. The van der Waals surface area contributed by atoms with Gasteiger partial charge in [0.05, 0.1) is 31.1 Å². The fourth-order valence-electron chi connectivity index (χ4n) is 3.46. The highest BCUT2D eigenvalue weighted by Gasteiger charge is 2.30. The molecule has 0 fully saturated rings. The third-order valence-corrected chi connectivity index (χ3v) is 5.55. The molecule has 0 bridgehead atoms. The Morgan fingerprint density at radius 2 is 1.95 bits per heavy atom. The van der Waals surface area contributed by atoms with Gasteiger partial charge in [0.2, 0.25) is 0 Å². The Balaban J connectivity index is 1.37. The van der Waals surface area contributed by atoms with Crippen molar-refractivity contribution in [3.63, 3.8) is 0 Å². The van der Waals surface area contributed by atoms with Crippen LogP contribution in [-0.4, -0.2) is 50.5 Å². The summed E-state index contributed by atoms with van der Waals surface area (Å²) in [4.78, 5) is 28.3. The van der Waals surface area contributed by atoms with E-state index in [1.54, 1.807) is 18.0 Å². The Bertz CT molecular complexity index is 1330. The van der Waals surface area contributed by atoms with Gasteiger partial charge in [-0.3, -0.25) is 19.3 Å². The van der Waals surface area contributed by atoms with Gasteiger partial charge in [0.25, 0.3) is 11.8 Å². The summed E-state index contributed by atoms with van der Waals surface area (Å²) in [6.07, 6.45) is 0.529. The molecule has 2 amide bonds. The molecule has 0 radical (unpaired) electrons. The molecule has 0 aliphatic heterocycles. The first-order valence-corrected chi connectivity index (χ1v) is 12.2. The molecule has 3 rings (SSSR count). The van der Waals surface area contributed by atoms with Gasteiger partial charge in [-0.25, -0.2) is 5.84 Å². The van der Waals surface area contributed by atoms with Gasteiger partial charge in [0.1, 0.15) is 11.4 Å². The van der Waals surface area contributed by atoms with E-state index in [9.17, 15) is 22.8 Å². The Labute approximate surface area is 228 Å². The van der Waals surface area contributed by atoms with Crippen molar-refractivity contribution in [1.29, 1.82) is 0 Å². The van der Waals surface area contributed by atoms with Crippen molar-refractivity contribution in [1.82, 2.24) is 35.6 Å². The number of carbonyl (C=O) groups excluding carboxylic acids is 2. The van der Waals surface area contributed by atoms with E-state index in [4.69, 9.17) is 16.3 Å². The van der Waals surface area contributed by atoms with Gasteiger partial charge in [-0.15, -0.1) is 5.10 Å². The molecule has 0 unspecified atom stereocenters. The molecule has 214 valence electrons. The number of nitrogens with zero attached hydrogens (tertiary/aromatic N) is 5. The first kappa shape index (κ1) is 29.9. The summed E-state index contributed by atoms with van der Waals surface area (Å²) < 4.78 is 45.1. The van der Waals surface area contributed by atoms with Crippen molar-refractivity contribution in [2.24, 2.45) is 11.6 Å². The molecule has 2 heterocycles. The molecule has 0 atom stereocenters. The molecule has 40 heavy (non-hydrogen) atoms. The van der Waals surface area contributed by atoms with Crippen LogP contribution in [0.1, 0.15) is 40.2 Å². The Morgan fingerprint density at radius 1 is 1.15 bits per heavy atom. The van der Waals surface area contributed by atoms with E-state index < -0.39 is 17.6 Å². The van der Waals surface area contributed by atoms with Crippen LogP contribution in [0.4, 0.5) is 13.2 Å². The Hall–Kier alpha value is -4.66. The minimum absolute atomic E-state index is 0.0335. The zero-order valence-electron chi connectivity index (χ0n) is 21.7. The lowest BCUT2D eigenvalue weighted by atomic mass is 10.2. The third kappa shape index (κ3) is 9.27. The van der Waals surface area contributed by atoms with Crippen LogP contribution in [-0.2, 0) is 30.6 Å². The lowest BCUT2D eigenvalue weighted by molar-refractivity contribution is -0.137. The molecule has 2 aromatic heterocycles. The van der Waals surface area contributed by atoms with E-state index in [0.29, 0.717) is 38.2 Å². The van der Waals surface area contributed by atoms with Crippen molar-refractivity contribution in [2.75, 3.05) is 13.7 Å². The average Bonchev–Trinajstić information content (AvgIpc) is 3.41. The van der Waals surface area contributed by atoms with Crippen LogP contribution in [0.25, 0.3) is 0 Å². The van der Waals surface area contributed by atoms with Gasteiger partial charge in [-0.1, -0.05) is 17.3 Å².